The molecule has 3 nitrogen and oxygen atoms in total. The van der Waals surface area contributed by atoms with Crippen molar-refractivity contribution in [1.29, 1.82) is 0 Å². The summed E-state index contributed by atoms with van der Waals surface area (Å²) >= 11 is 5.83. The molecule has 0 unspecified atom stereocenters. The highest BCUT2D eigenvalue weighted by Crippen LogP contribution is 2.35. The minimum absolute atomic E-state index is 0.228. The highest BCUT2D eigenvalue weighted by molar-refractivity contribution is 7.88. The SMILES string of the molecule is Cc1ccccc1-c1ccc(OS(=O)(=O)C(F)(F)F)c(Cl)c1. The monoisotopic (exact) mass is 350 g/mol. The molecule has 0 amide bonds. The average Bonchev–Trinajstić information content (AvgIpc) is 2.40. The van der Waals surface area contributed by atoms with Crippen LogP contribution in [0.4, 0.5) is 13.2 Å². The second kappa shape index (κ2) is 5.81. The average molecular weight is 351 g/mol. The molecule has 0 atom stereocenters. The summed E-state index contributed by atoms with van der Waals surface area (Å²) in [6.45, 7) is 1.86. The first-order valence-corrected chi connectivity index (χ1v) is 7.77. The number of alkyl halides is 3. The predicted octanol–water partition coefficient (Wildman–Crippen LogP) is 4.54. The Bertz CT molecular complexity index is 801. The van der Waals surface area contributed by atoms with Crippen LogP contribution in [0.3, 0.4) is 0 Å². The first-order chi connectivity index (χ1) is 10.1. The molecular weight excluding hydrogens is 341 g/mol. The summed E-state index contributed by atoms with van der Waals surface area (Å²) in [4.78, 5) is 0. The molecule has 0 aliphatic rings. The third-order valence-corrected chi connectivity index (χ3v) is 4.13. The number of halogens is 4. The molecule has 0 aliphatic carbocycles. The second-order valence-corrected chi connectivity index (χ2v) is 6.39. The van der Waals surface area contributed by atoms with Crippen LogP contribution in [-0.4, -0.2) is 13.9 Å². The fourth-order valence-electron chi connectivity index (χ4n) is 1.80. The van der Waals surface area contributed by atoms with E-state index < -0.39 is 21.4 Å². The molecular formula is C14H10ClF3O3S. The molecule has 118 valence electrons. The van der Waals surface area contributed by atoms with E-state index in [9.17, 15) is 21.6 Å². The van der Waals surface area contributed by atoms with Crippen molar-refractivity contribution in [2.75, 3.05) is 0 Å². The minimum atomic E-state index is -5.74. The number of hydrogen-bond donors (Lipinski definition) is 0. The minimum Gasteiger partial charge on any atom is -0.374 e. The summed E-state index contributed by atoms with van der Waals surface area (Å²) in [5.41, 5.74) is -3.10. The van der Waals surface area contributed by atoms with Crippen LogP contribution in [0.5, 0.6) is 5.75 Å². The van der Waals surface area contributed by atoms with Gasteiger partial charge in [-0.15, -0.1) is 0 Å². The van der Waals surface area contributed by atoms with Gasteiger partial charge in [0.05, 0.1) is 5.02 Å². The molecule has 0 bridgehead atoms. The molecule has 0 fully saturated rings. The van der Waals surface area contributed by atoms with E-state index in [1.54, 1.807) is 6.07 Å². The molecule has 22 heavy (non-hydrogen) atoms. The number of benzene rings is 2. The van der Waals surface area contributed by atoms with Gasteiger partial charge < -0.3 is 4.18 Å². The van der Waals surface area contributed by atoms with Gasteiger partial charge in [-0.25, -0.2) is 0 Å². The summed E-state index contributed by atoms with van der Waals surface area (Å²) in [5.74, 6) is -0.573. The molecule has 8 heteroatoms. The van der Waals surface area contributed by atoms with Crippen LogP contribution in [0.15, 0.2) is 42.5 Å². The Hall–Kier alpha value is -1.73. The Morgan fingerprint density at radius 1 is 1.09 bits per heavy atom. The van der Waals surface area contributed by atoms with E-state index in [1.807, 2.05) is 25.1 Å². The maximum absolute atomic E-state index is 12.3. The maximum atomic E-state index is 12.3. The van der Waals surface area contributed by atoms with Crippen LogP contribution >= 0.6 is 11.6 Å². The lowest BCUT2D eigenvalue weighted by Gasteiger charge is -2.12. The van der Waals surface area contributed by atoms with Crippen molar-refractivity contribution in [2.24, 2.45) is 0 Å². The van der Waals surface area contributed by atoms with E-state index in [1.165, 1.54) is 12.1 Å². The lowest BCUT2D eigenvalue weighted by Crippen LogP contribution is -2.28. The van der Waals surface area contributed by atoms with E-state index in [2.05, 4.69) is 4.18 Å². The summed E-state index contributed by atoms with van der Waals surface area (Å²) in [7, 11) is -5.74. The highest BCUT2D eigenvalue weighted by Gasteiger charge is 2.48. The van der Waals surface area contributed by atoms with Gasteiger partial charge in [0.25, 0.3) is 0 Å². The predicted molar refractivity (Wildman–Crippen MR) is 77.2 cm³/mol. The van der Waals surface area contributed by atoms with Crippen molar-refractivity contribution in [3.63, 3.8) is 0 Å². The Labute approximate surface area is 130 Å². The van der Waals surface area contributed by atoms with Gasteiger partial charge in [0.1, 0.15) is 0 Å². The molecule has 0 saturated carbocycles. The van der Waals surface area contributed by atoms with E-state index in [0.717, 1.165) is 17.2 Å². The first kappa shape index (κ1) is 16.6. The van der Waals surface area contributed by atoms with Gasteiger partial charge in [0.15, 0.2) is 5.75 Å². The fourth-order valence-corrected chi connectivity index (χ4v) is 2.54. The summed E-state index contributed by atoms with van der Waals surface area (Å²) in [5, 5.41) is -0.228. The largest absolute Gasteiger partial charge is 0.534 e. The standard InChI is InChI=1S/C14H10ClF3O3S/c1-9-4-2-3-5-11(9)10-6-7-13(12(15)8-10)21-22(19,20)14(16,17)18/h2-8H,1H3. The number of rotatable bonds is 3. The molecule has 2 rings (SSSR count). The molecule has 0 spiro atoms. The molecule has 0 aliphatic heterocycles. The van der Waals surface area contributed by atoms with Crippen LogP contribution < -0.4 is 4.18 Å². The Kier molecular flexibility index (Phi) is 4.39. The van der Waals surface area contributed by atoms with Crippen molar-refractivity contribution in [3.05, 3.63) is 53.1 Å². The Morgan fingerprint density at radius 2 is 1.73 bits per heavy atom. The Morgan fingerprint density at radius 3 is 2.27 bits per heavy atom. The van der Waals surface area contributed by atoms with Crippen molar-refractivity contribution >= 4 is 21.7 Å². The summed E-state index contributed by atoms with van der Waals surface area (Å²) < 4.78 is 62.9. The van der Waals surface area contributed by atoms with Gasteiger partial charge in [0.2, 0.25) is 0 Å². The Balaban J connectivity index is 2.38. The number of hydrogen-bond acceptors (Lipinski definition) is 3. The van der Waals surface area contributed by atoms with Crippen LogP contribution in [0, 0.1) is 6.92 Å². The molecule has 0 N–H and O–H groups in total. The van der Waals surface area contributed by atoms with Gasteiger partial charge in [-0.1, -0.05) is 41.9 Å². The van der Waals surface area contributed by atoms with E-state index in [-0.39, 0.29) is 5.02 Å². The molecule has 0 heterocycles. The third kappa shape index (κ3) is 3.36. The lowest BCUT2D eigenvalue weighted by molar-refractivity contribution is -0.0500. The molecule has 0 saturated heterocycles. The van der Waals surface area contributed by atoms with Crippen molar-refractivity contribution < 1.29 is 25.8 Å². The highest BCUT2D eigenvalue weighted by atomic mass is 35.5. The normalized spacial score (nSPS) is 12.2. The van der Waals surface area contributed by atoms with Gasteiger partial charge >= 0.3 is 15.6 Å². The van der Waals surface area contributed by atoms with E-state index in [4.69, 9.17) is 11.6 Å². The van der Waals surface area contributed by atoms with E-state index in [0.29, 0.717) is 5.56 Å². The van der Waals surface area contributed by atoms with Gasteiger partial charge in [-0.2, -0.15) is 21.6 Å². The third-order valence-electron chi connectivity index (χ3n) is 2.87. The molecule has 2 aromatic carbocycles. The zero-order chi connectivity index (χ0) is 16.5. The van der Waals surface area contributed by atoms with Crippen LogP contribution in [0.2, 0.25) is 5.02 Å². The zero-order valence-corrected chi connectivity index (χ0v) is 12.8. The van der Waals surface area contributed by atoms with Crippen LogP contribution in [0.1, 0.15) is 5.56 Å². The first-order valence-electron chi connectivity index (χ1n) is 5.98. The van der Waals surface area contributed by atoms with Gasteiger partial charge in [0, 0.05) is 0 Å². The molecule has 2 aromatic rings. The smallest absolute Gasteiger partial charge is 0.374 e. The van der Waals surface area contributed by atoms with Crippen LogP contribution in [-0.2, 0) is 10.1 Å². The molecule has 0 aromatic heterocycles. The second-order valence-electron chi connectivity index (χ2n) is 4.44. The van der Waals surface area contributed by atoms with Gasteiger partial charge in [-0.05, 0) is 35.7 Å². The maximum Gasteiger partial charge on any atom is 0.534 e. The quantitative estimate of drug-likeness (QED) is 0.602. The fraction of sp³-hybridized carbons (Fsp3) is 0.143. The van der Waals surface area contributed by atoms with Gasteiger partial charge in [-0.3, -0.25) is 0 Å². The lowest BCUT2D eigenvalue weighted by atomic mass is 10.0. The zero-order valence-electron chi connectivity index (χ0n) is 11.2. The summed E-state index contributed by atoms with van der Waals surface area (Å²) in [6.07, 6.45) is 0. The topological polar surface area (TPSA) is 43.4 Å². The van der Waals surface area contributed by atoms with Crippen LogP contribution in [0.25, 0.3) is 11.1 Å². The van der Waals surface area contributed by atoms with E-state index >= 15 is 0 Å². The number of aryl methyl sites for hydroxylation is 1. The summed E-state index contributed by atoms with van der Waals surface area (Å²) in [6, 6.07) is 11.2. The molecule has 0 radical (unpaired) electrons. The van der Waals surface area contributed by atoms with Crippen molar-refractivity contribution in [3.8, 4) is 16.9 Å². The van der Waals surface area contributed by atoms with Crippen molar-refractivity contribution in [1.82, 2.24) is 0 Å². The van der Waals surface area contributed by atoms with Crippen molar-refractivity contribution in [2.45, 2.75) is 12.4 Å².